The molecule has 1 atom stereocenters. The summed E-state index contributed by atoms with van der Waals surface area (Å²) in [4.78, 5) is 13.7. The summed E-state index contributed by atoms with van der Waals surface area (Å²) >= 11 is 0. The Morgan fingerprint density at radius 2 is 2.38 bits per heavy atom. The van der Waals surface area contributed by atoms with Crippen molar-refractivity contribution in [3.8, 4) is 0 Å². The standard InChI is InChI=1S/C11H11FN2O2/c12-7-1-2-8-9(5-7)14-3-4-16-6-10(14)11(15)13-8/h1-2,5,10H,3-4,6H2,(H,13,15). The maximum Gasteiger partial charge on any atom is 0.249 e. The smallest absolute Gasteiger partial charge is 0.249 e. The van der Waals surface area contributed by atoms with E-state index in [0.717, 1.165) is 5.69 Å². The number of ether oxygens (including phenoxy) is 1. The van der Waals surface area contributed by atoms with Gasteiger partial charge in [0, 0.05) is 6.54 Å². The lowest BCUT2D eigenvalue weighted by molar-refractivity contribution is -0.119. The minimum absolute atomic E-state index is 0.0844. The third-order valence-corrected chi connectivity index (χ3v) is 2.96. The highest BCUT2D eigenvalue weighted by atomic mass is 19.1. The number of benzene rings is 1. The van der Waals surface area contributed by atoms with Crippen LogP contribution in [0.4, 0.5) is 15.8 Å². The van der Waals surface area contributed by atoms with E-state index in [4.69, 9.17) is 4.74 Å². The second-order valence-electron chi connectivity index (χ2n) is 3.93. The van der Waals surface area contributed by atoms with Crippen molar-refractivity contribution in [2.75, 3.05) is 30.0 Å². The second kappa shape index (κ2) is 3.45. The van der Waals surface area contributed by atoms with Crippen molar-refractivity contribution in [2.24, 2.45) is 0 Å². The Labute approximate surface area is 92.0 Å². The van der Waals surface area contributed by atoms with Crippen LogP contribution in [0.25, 0.3) is 0 Å². The van der Waals surface area contributed by atoms with Crippen molar-refractivity contribution in [3.05, 3.63) is 24.0 Å². The number of fused-ring (bicyclic) bond motifs is 3. The number of nitrogens with zero attached hydrogens (tertiary/aromatic N) is 1. The number of carbonyl (C=O) groups is 1. The van der Waals surface area contributed by atoms with E-state index >= 15 is 0 Å². The number of halogens is 1. The van der Waals surface area contributed by atoms with E-state index in [1.54, 1.807) is 6.07 Å². The van der Waals surface area contributed by atoms with E-state index in [-0.39, 0.29) is 17.8 Å². The Morgan fingerprint density at radius 1 is 1.50 bits per heavy atom. The maximum atomic E-state index is 13.2. The highest BCUT2D eigenvalue weighted by Crippen LogP contribution is 2.33. The van der Waals surface area contributed by atoms with Crippen LogP contribution in [0.1, 0.15) is 0 Å². The van der Waals surface area contributed by atoms with Gasteiger partial charge in [-0.25, -0.2) is 4.39 Å². The first-order valence-electron chi connectivity index (χ1n) is 5.20. The fourth-order valence-electron chi connectivity index (χ4n) is 2.17. The van der Waals surface area contributed by atoms with Gasteiger partial charge >= 0.3 is 0 Å². The van der Waals surface area contributed by atoms with Gasteiger partial charge in [-0.2, -0.15) is 0 Å². The predicted octanol–water partition coefficient (Wildman–Crippen LogP) is 0.983. The van der Waals surface area contributed by atoms with Crippen LogP contribution in [0, 0.1) is 5.82 Å². The minimum atomic E-state index is -0.331. The van der Waals surface area contributed by atoms with Crippen molar-refractivity contribution in [2.45, 2.75) is 6.04 Å². The molecule has 1 fully saturated rings. The van der Waals surface area contributed by atoms with E-state index in [2.05, 4.69) is 5.32 Å². The van der Waals surface area contributed by atoms with Crippen molar-refractivity contribution >= 4 is 17.3 Å². The van der Waals surface area contributed by atoms with E-state index < -0.39 is 0 Å². The zero-order chi connectivity index (χ0) is 11.1. The molecule has 0 bridgehead atoms. The first-order valence-corrected chi connectivity index (χ1v) is 5.20. The summed E-state index contributed by atoms with van der Waals surface area (Å²) in [5, 5.41) is 2.76. The third kappa shape index (κ3) is 1.36. The predicted molar refractivity (Wildman–Crippen MR) is 57.0 cm³/mol. The van der Waals surface area contributed by atoms with Crippen LogP contribution in [0.2, 0.25) is 0 Å². The van der Waals surface area contributed by atoms with Crippen LogP contribution in [-0.2, 0) is 9.53 Å². The third-order valence-electron chi connectivity index (χ3n) is 2.96. The molecule has 0 aliphatic carbocycles. The number of nitrogens with one attached hydrogen (secondary N) is 1. The molecule has 5 heteroatoms. The molecule has 0 spiro atoms. The number of carbonyl (C=O) groups excluding carboxylic acids is 1. The number of amides is 1. The Hall–Kier alpha value is -1.62. The normalized spacial score (nSPS) is 23.4. The summed E-state index contributed by atoms with van der Waals surface area (Å²) < 4.78 is 18.4. The molecule has 0 radical (unpaired) electrons. The van der Waals surface area contributed by atoms with E-state index in [0.29, 0.717) is 25.4 Å². The largest absolute Gasteiger partial charge is 0.377 e. The molecule has 2 aliphatic heterocycles. The number of rotatable bonds is 0. The molecule has 3 rings (SSSR count). The molecular formula is C11H11FN2O2. The monoisotopic (exact) mass is 222 g/mol. The lowest BCUT2D eigenvalue weighted by Gasteiger charge is -2.40. The van der Waals surface area contributed by atoms with Crippen LogP contribution >= 0.6 is 0 Å². The quantitative estimate of drug-likeness (QED) is 0.711. The molecule has 2 heterocycles. The molecule has 2 aliphatic rings. The zero-order valence-electron chi connectivity index (χ0n) is 8.57. The van der Waals surface area contributed by atoms with Gasteiger partial charge in [0.05, 0.1) is 24.6 Å². The molecule has 16 heavy (non-hydrogen) atoms. The fourth-order valence-corrected chi connectivity index (χ4v) is 2.17. The van der Waals surface area contributed by atoms with Crippen molar-refractivity contribution in [1.29, 1.82) is 0 Å². The van der Waals surface area contributed by atoms with E-state index in [1.165, 1.54) is 12.1 Å². The van der Waals surface area contributed by atoms with Gasteiger partial charge in [-0.3, -0.25) is 4.79 Å². The molecule has 1 amide bonds. The maximum absolute atomic E-state index is 13.2. The highest BCUT2D eigenvalue weighted by Gasteiger charge is 2.35. The molecule has 84 valence electrons. The molecule has 0 aromatic heterocycles. The number of anilines is 2. The lowest BCUT2D eigenvalue weighted by Crippen LogP contribution is -2.54. The molecule has 1 saturated heterocycles. The van der Waals surface area contributed by atoms with Crippen molar-refractivity contribution < 1.29 is 13.9 Å². The molecule has 1 aromatic carbocycles. The van der Waals surface area contributed by atoms with Crippen LogP contribution in [-0.4, -0.2) is 31.7 Å². The van der Waals surface area contributed by atoms with Gasteiger partial charge in [-0.05, 0) is 18.2 Å². The van der Waals surface area contributed by atoms with Crippen LogP contribution < -0.4 is 10.2 Å². The first kappa shape index (κ1) is 9.59. The van der Waals surface area contributed by atoms with Crippen LogP contribution in [0.15, 0.2) is 18.2 Å². The SMILES string of the molecule is O=C1Nc2ccc(F)cc2N2CCOCC12. The van der Waals surface area contributed by atoms with Gasteiger partial charge in [-0.15, -0.1) is 0 Å². The Bertz CT molecular complexity index is 450. The molecule has 1 aromatic rings. The summed E-state index contributed by atoms with van der Waals surface area (Å²) in [6, 6.07) is 4.06. The average molecular weight is 222 g/mol. The molecular weight excluding hydrogens is 211 g/mol. The van der Waals surface area contributed by atoms with Gasteiger partial charge in [0.1, 0.15) is 11.9 Å². The van der Waals surface area contributed by atoms with Gasteiger partial charge in [0.25, 0.3) is 0 Å². The minimum Gasteiger partial charge on any atom is -0.377 e. The Balaban J connectivity index is 2.07. The Kier molecular flexibility index (Phi) is 2.07. The summed E-state index contributed by atoms with van der Waals surface area (Å²) in [6.45, 7) is 1.55. The van der Waals surface area contributed by atoms with E-state index in [1.807, 2.05) is 4.90 Å². The van der Waals surface area contributed by atoms with Crippen molar-refractivity contribution in [3.63, 3.8) is 0 Å². The Morgan fingerprint density at radius 3 is 3.25 bits per heavy atom. The average Bonchev–Trinajstić information content (AvgIpc) is 2.31. The summed E-state index contributed by atoms with van der Waals surface area (Å²) in [6.07, 6.45) is 0. The lowest BCUT2D eigenvalue weighted by atomic mass is 10.1. The number of morpholine rings is 1. The molecule has 1 N–H and O–H groups in total. The van der Waals surface area contributed by atoms with Gasteiger partial charge < -0.3 is 15.0 Å². The van der Waals surface area contributed by atoms with Crippen LogP contribution in [0.5, 0.6) is 0 Å². The van der Waals surface area contributed by atoms with Gasteiger partial charge in [0.15, 0.2) is 0 Å². The van der Waals surface area contributed by atoms with E-state index in [9.17, 15) is 9.18 Å². The number of hydrogen-bond acceptors (Lipinski definition) is 3. The second-order valence-corrected chi connectivity index (χ2v) is 3.93. The highest BCUT2D eigenvalue weighted by molar-refractivity contribution is 6.03. The van der Waals surface area contributed by atoms with Crippen LogP contribution in [0.3, 0.4) is 0 Å². The van der Waals surface area contributed by atoms with Gasteiger partial charge in [-0.1, -0.05) is 0 Å². The van der Waals surface area contributed by atoms with Crippen molar-refractivity contribution in [1.82, 2.24) is 0 Å². The van der Waals surface area contributed by atoms with Gasteiger partial charge in [0.2, 0.25) is 5.91 Å². The topological polar surface area (TPSA) is 41.6 Å². The fraction of sp³-hybridized carbons (Fsp3) is 0.364. The molecule has 4 nitrogen and oxygen atoms in total. The molecule has 0 saturated carbocycles. The first-order chi connectivity index (χ1) is 7.75. The summed E-state index contributed by atoms with van der Waals surface area (Å²) in [7, 11) is 0. The molecule has 1 unspecified atom stereocenters. The summed E-state index contributed by atoms with van der Waals surface area (Å²) in [5.74, 6) is -0.376. The summed E-state index contributed by atoms with van der Waals surface area (Å²) in [5.41, 5.74) is 1.41. The zero-order valence-corrected chi connectivity index (χ0v) is 8.57. The number of hydrogen-bond donors (Lipinski definition) is 1.